The highest BCUT2D eigenvalue weighted by Gasteiger charge is 2.11. The molecule has 2 nitrogen and oxygen atoms in total. The SMILES string of the molecule is Cc1cc(F)c(Br)cc1-c1ccc(CC(C)O)o1. The van der Waals surface area contributed by atoms with E-state index in [1.54, 1.807) is 13.0 Å². The number of aryl methyl sites for hydroxylation is 1. The number of hydrogen-bond donors (Lipinski definition) is 1. The van der Waals surface area contributed by atoms with Crippen LogP contribution < -0.4 is 0 Å². The first-order valence-corrected chi connectivity index (χ1v) is 6.49. The van der Waals surface area contributed by atoms with Crippen LogP contribution in [0.1, 0.15) is 18.2 Å². The van der Waals surface area contributed by atoms with E-state index in [2.05, 4.69) is 15.9 Å². The summed E-state index contributed by atoms with van der Waals surface area (Å²) in [6.45, 7) is 3.55. The topological polar surface area (TPSA) is 33.4 Å². The van der Waals surface area contributed by atoms with Gasteiger partial charge in [-0.3, -0.25) is 0 Å². The van der Waals surface area contributed by atoms with Gasteiger partial charge in [0.15, 0.2) is 0 Å². The quantitative estimate of drug-likeness (QED) is 0.926. The van der Waals surface area contributed by atoms with E-state index >= 15 is 0 Å². The zero-order chi connectivity index (χ0) is 13.3. The van der Waals surface area contributed by atoms with Crippen molar-refractivity contribution >= 4 is 15.9 Å². The second-order valence-electron chi connectivity index (χ2n) is 4.40. The minimum absolute atomic E-state index is 0.285. The van der Waals surface area contributed by atoms with Gasteiger partial charge in [-0.1, -0.05) is 0 Å². The fraction of sp³-hybridized carbons (Fsp3) is 0.286. The van der Waals surface area contributed by atoms with Crippen molar-refractivity contribution in [2.75, 3.05) is 0 Å². The lowest BCUT2D eigenvalue weighted by Gasteiger charge is -2.05. The molecule has 1 N–H and O–H groups in total. The molecule has 0 radical (unpaired) electrons. The summed E-state index contributed by atoms with van der Waals surface area (Å²) < 4.78 is 19.4. The van der Waals surface area contributed by atoms with Crippen molar-refractivity contribution in [1.82, 2.24) is 0 Å². The minimum Gasteiger partial charge on any atom is -0.461 e. The second kappa shape index (κ2) is 5.24. The van der Waals surface area contributed by atoms with Crippen molar-refractivity contribution in [2.24, 2.45) is 0 Å². The molecule has 1 aromatic carbocycles. The van der Waals surface area contributed by atoms with Crippen LogP contribution in [0.3, 0.4) is 0 Å². The molecule has 0 saturated carbocycles. The van der Waals surface area contributed by atoms with Gasteiger partial charge in [-0.05, 0) is 59.6 Å². The Kier molecular flexibility index (Phi) is 3.88. The maximum Gasteiger partial charge on any atom is 0.137 e. The van der Waals surface area contributed by atoms with Crippen LogP contribution in [0.2, 0.25) is 0 Å². The van der Waals surface area contributed by atoms with E-state index in [1.165, 1.54) is 6.07 Å². The smallest absolute Gasteiger partial charge is 0.137 e. The molecule has 0 aliphatic carbocycles. The van der Waals surface area contributed by atoms with Gasteiger partial charge < -0.3 is 9.52 Å². The third kappa shape index (κ3) is 2.82. The molecule has 1 atom stereocenters. The molecule has 1 aromatic heterocycles. The molecule has 4 heteroatoms. The fourth-order valence-electron chi connectivity index (χ4n) is 1.84. The molecule has 1 heterocycles. The predicted octanol–water partition coefficient (Wildman–Crippen LogP) is 4.08. The molecule has 0 bridgehead atoms. The zero-order valence-electron chi connectivity index (χ0n) is 10.2. The number of furan rings is 1. The summed E-state index contributed by atoms with van der Waals surface area (Å²) in [5.41, 5.74) is 1.66. The van der Waals surface area contributed by atoms with Crippen molar-refractivity contribution in [3.05, 3.63) is 45.9 Å². The predicted molar refractivity (Wildman–Crippen MR) is 71.9 cm³/mol. The summed E-state index contributed by atoms with van der Waals surface area (Å²) >= 11 is 3.17. The van der Waals surface area contributed by atoms with E-state index in [-0.39, 0.29) is 5.82 Å². The molecule has 96 valence electrons. The molecule has 0 fully saturated rings. The highest BCUT2D eigenvalue weighted by Crippen LogP contribution is 2.30. The first-order valence-electron chi connectivity index (χ1n) is 5.70. The number of benzene rings is 1. The molecule has 0 aliphatic heterocycles. The summed E-state index contributed by atoms with van der Waals surface area (Å²) in [5, 5.41) is 9.30. The first-order chi connectivity index (χ1) is 8.47. The maximum absolute atomic E-state index is 13.3. The molecule has 0 amide bonds. The van der Waals surface area contributed by atoms with Crippen LogP contribution >= 0.6 is 15.9 Å². The number of halogens is 2. The molecule has 0 spiro atoms. The first kappa shape index (κ1) is 13.3. The Balaban J connectivity index is 2.37. The van der Waals surface area contributed by atoms with E-state index in [0.29, 0.717) is 16.7 Å². The molecule has 2 rings (SSSR count). The standard InChI is InChI=1S/C14H14BrFO2/c1-8-5-13(16)12(15)7-11(8)14-4-3-10(18-14)6-9(2)17/h3-5,7,9,17H,6H2,1-2H3. The number of aliphatic hydroxyl groups excluding tert-OH is 1. The Morgan fingerprint density at radius 1 is 1.39 bits per heavy atom. The molecule has 1 unspecified atom stereocenters. The van der Waals surface area contributed by atoms with Gasteiger partial charge in [-0.2, -0.15) is 0 Å². The van der Waals surface area contributed by atoms with E-state index < -0.39 is 6.10 Å². The Bertz CT molecular complexity index is 561. The average molecular weight is 313 g/mol. The van der Waals surface area contributed by atoms with E-state index in [0.717, 1.165) is 16.9 Å². The van der Waals surface area contributed by atoms with Gasteiger partial charge in [0.05, 0.1) is 10.6 Å². The van der Waals surface area contributed by atoms with Crippen LogP contribution in [0.4, 0.5) is 4.39 Å². The monoisotopic (exact) mass is 312 g/mol. The number of rotatable bonds is 3. The lowest BCUT2D eigenvalue weighted by Crippen LogP contribution is -2.02. The van der Waals surface area contributed by atoms with Crippen LogP contribution in [0, 0.1) is 12.7 Å². The molecule has 18 heavy (non-hydrogen) atoms. The zero-order valence-corrected chi connectivity index (χ0v) is 11.8. The Morgan fingerprint density at radius 3 is 2.78 bits per heavy atom. The summed E-state index contributed by atoms with van der Waals surface area (Å²) in [7, 11) is 0. The minimum atomic E-state index is -0.440. The Labute approximate surface area is 114 Å². The second-order valence-corrected chi connectivity index (χ2v) is 5.25. The van der Waals surface area contributed by atoms with Gasteiger partial charge in [0.25, 0.3) is 0 Å². The van der Waals surface area contributed by atoms with Crippen LogP contribution in [-0.4, -0.2) is 11.2 Å². The van der Waals surface area contributed by atoms with Crippen molar-refractivity contribution < 1.29 is 13.9 Å². The molecule has 0 saturated heterocycles. The third-order valence-electron chi connectivity index (χ3n) is 2.69. The third-order valence-corrected chi connectivity index (χ3v) is 3.30. The number of aliphatic hydroxyl groups is 1. The summed E-state index contributed by atoms with van der Waals surface area (Å²) in [6, 6.07) is 6.84. The highest BCUT2D eigenvalue weighted by molar-refractivity contribution is 9.10. The van der Waals surface area contributed by atoms with Crippen LogP contribution in [0.5, 0.6) is 0 Å². The Morgan fingerprint density at radius 2 is 2.11 bits per heavy atom. The van der Waals surface area contributed by atoms with Crippen molar-refractivity contribution in [1.29, 1.82) is 0 Å². The largest absolute Gasteiger partial charge is 0.461 e. The van der Waals surface area contributed by atoms with Crippen molar-refractivity contribution in [2.45, 2.75) is 26.4 Å². The molecular weight excluding hydrogens is 299 g/mol. The van der Waals surface area contributed by atoms with Crippen molar-refractivity contribution in [3.63, 3.8) is 0 Å². The van der Waals surface area contributed by atoms with Crippen molar-refractivity contribution in [3.8, 4) is 11.3 Å². The highest BCUT2D eigenvalue weighted by atomic mass is 79.9. The number of hydrogen-bond acceptors (Lipinski definition) is 2. The summed E-state index contributed by atoms with van der Waals surface area (Å²) in [6.07, 6.45) is 0.0339. The van der Waals surface area contributed by atoms with Crippen LogP contribution in [-0.2, 0) is 6.42 Å². The normalized spacial score (nSPS) is 12.7. The van der Waals surface area contributed by atoms with E-state index in [9.17, 15) is 9.50 Å². The fourth-order valence-corrected chi connectivity index (χ4v) is 2.18. The Hall–Kier alpha value is -1.13. The van der Waals surface area contributed by atoms with E-state index in [4.69, 9.17) is 4.42 Å². The lowest BCUT2D eigenvalue weighted by atomic mass is 10.1. The summed E-state index contributed by atoms with van der Waals surface area (Å²) in [5.74, 6) is 1.12. The average Bonchev–Trinajstić information content (AvgIpc) is 2.70. The van der Waals surface area contributed by atoms with Gasteiger partial charge >= 0.3 is 0 Å². The van der Waals surface area contributed by atoms with Gasteiger partial charge in [0, 0.05) is 12.0 Å². The molecule has 2 aromatic rings. The molecule has 0 aliphatic rings. The van der Waals surface area contributed by atoms with Gasteiger partial charge in [0.2, 0.25) is 0 Å². The van der Waals surface area contributed by atoms with Crippen LogP contribution in [0.25, 0.3) is 11.3 Å². The summed E-state index contributed by atoms with van der Waals surface area (Å²) in [4.78, 5) is 0. The molecular formula is C14H14BrFO2. The lowest BCUT2D eigenvalue weighted by molar-refractivity contribution is 0.187. The van der Waals surface area contributed by atoms with Gasteiger partial charge in [0.1, 0.15) is 17.3 Å². The van der Waals surface area contributed by atoms with Crippen LogP contribution in [0.15, 0.2) is 33.2 Å². The maximum atomic E-state index is 13.3. The van der Waals surface area contributed by atoms with Gasteiger partial charge in [-0.25, -0.2) is 4.39 Å². The van der Waals surface area contributed by atoms with Gasteiger partial charge in [-0.15, -0.1) is 0 Å². The van der Waals surface area contributed by atoms with E-state index in [1.807, 2.05) is 19.1 Å².